The van der Waals surface area contributed by atoms with Crippen LogP contribution < -0.4 is 10.1 Å². The summed E-state index contributed by atoms with van der Waals surface area (Å²) in [5, 5.41) is 18.8. The summed E-state index contributed by atoms with van der Waals surface area (Å²) in [5.74, 6) is 0.931. The zero-order valence-electron chi connectivity index (χ0n) is 19.5. The SMILES string of the molecule is OC1CCN(Cc2ccc(OC(c3noc4ccccc34)[C@@H]3CC[C@@H]4CNCCN4C3)nc2)C1. The molecule has 180 valence electrons. The monoisotopic (exact) mass is 463 g/mol. The molecule has 8 heteroatoms. The lowest BCUT2D eigenvalue weighted by molar-refractivity contribution is 0.0231. The number of hydrogen-bond donors (Lipinski definition) is 2. The van der Waals surface area contributed by atoms with Gasteiger partial charge in [0, 0.05) is 75.4 Å². The standard InChI is InChI=1S/C26H33N5O3/c32-21-9-11-30(17-21)15-18-5-8-24(28-13-18)33-26(25-22-3-1-2-4-23(22)34-29-25)19-6-7-20-14-27-10-12-31(20)16-19/h1-5,8,13,19-21,26-27,32H,6-7,9-12,14-17H2/t19-,20-,21?,26?/m1/s1. The molecule has 0 aliphatic carbocycles. The number of piperazine rings is 1. The number of aliphatic hydroxyl groups excluding tert-OH is 1. The van der Waals surface area contributed by atoms with Gasteiger partial charge in [0.05, 0.1) is 6.10 Å². The molecule has 6 rings (SSSR count). The van der Waals surface area contributed by atoms with Crippen molar-refractivity contribution < 1.29 is 14.4 Å². The molecule has 2 N–H and O–H groups in total. The molecule has 2 unspecified atom stereocenters. The molecular formula is C26H33N5O3. The van der Waals surface area contributed by atoms with Crippen LogP contribution in [0.4, 0.5) is 0 Å². The summed E-state index contributed by atoms with van der Waals surface area (Å²) in [5.41, 5.74) is 2.79. The largest absolute Gasteiger partial charge is 0.467 e. The zero-order valence-corrected chi connectivity index (χ0v) is 19.5. The van der Waals surface area contributed by atoms with E-state index in [1.54, 1.807) is 0 Å². The lowest BCUT2D eigenvalue weighted by Crippen LogP contribution is -2.55. The smallest absolute Gasteiger partial charge is 0.213 e. The van der Waals surface area contributed by atoms with Crippen molar-refractivity contribution in [3.8, 4) is 5.88 Å². The third-order valence-corrected chi connectivity index (χ3v) is 7.61. The molecule has 0 spiro atoms. The summed E-state index contributed by atoms with van der Waals surface area (Å²) in [6.07, 6.45) is 4.56. The van der Waals surface area contributed by atoms with E-state index in [2.05, 4.69) is 37.4 Å². The number of aromatic nitrogens is 2. The summed E-state index contributed by atoms with van der Waals surface area (Å²) in [4.78, 5) is 9.52. The van der Waals surface area contributed by atoms with E-state index in [4.69, 9.17) is 9.26 Å². The predicted octanol–water partition coefficient (Wildman–Crippen LogP) is 2.59. The Labute approximate surface area is 199 Å². The maximum absolute atomic E-state index is 9.78. The van der Waals surface area contributed by atoms with Crippen LogP contribution >= 0.6 is 0 Å². The Kier molecular flexibility index (Phi) is 6.22. The fourth-order valence-corrected chi connectivity index (χ4v) is 5.78. The Bertz CT molecular complexity index is 1100. The van der Waals surface area contributed by atoms with Gasteiger partial charge in [-0.1, -0.05) is 23.4 Å². The molecule has 3 aromatic rings. The lowest BCUT2D eigenvalue weighted by atomic mass is 9.86. The summed E-state index contributed by atoms with van der Waals surface area (Å²) in [6.45, 7) is 6.64. The Hall–Kier alpha value is -2.52. The van der Waals surface area contributed by atoms with Gasteiger partial charge in [0.1, 0.15) is 5.69 Å². The van der Waals surface area contributed by atoms with Crippen LogP contribution in [0.3, 0.4) is 0 Å². The number of ether oxygens (including phenoxy) is 1. The van der Waals surface area contributed by atoms with E-state index < -0.39 is 0 Å². The molecule has 0 saturated carbocycles. The highest BCUT2D eigenvalue weighted by atomic mass is 16.5. The average molecular weight is 464 g/mol. The molecular weight excluding hydrogens is 430 g/mol. The number of β-amino-alcohol motifs (C(OH)–C–C–N with tert-alkyl or cyclic N) is 1. The van der Waals surface area contributed by atoms with Crippen LogP contribution in [0, 0.1) is 5.92 Å². The molecule has 3 aliphatic heterocycles. The van der Waals surface area contributed by atoms with Gasteiger partial charge in [-0.25, -0.2) is 4.98 Å². The number of fused-ring (bicyclic) bond motifs is 2. The Morgan fingerprint density at radius 1 is 1.12 bits per heavy atom. The molecule has 3 fully saturated rings. The van der Waals surface area contributed by atoms with Crippen LogP contribution in [0.5, 0.6) is 5.88 Å². The van der Waals surface area contributed by atoms with Gasteiger partial charge < -0.3 is 19.7 Å². The van der Waals surface area contributed by atoms with Crippen LogP contribution in [0.1, 0.15) is 36.6 Å². The van der Waals surface area contributed by atoms with Crippen molar-refractivity contribution in [2.75, 3.05) is 39.3 Å². The number of benzene rings is 1. The van der Waals surface area contributed by atoms with E-state index in [0.717, 1.165) is 87.3 Å². The normalized spacial score (nSPS) is 27.0. The summed E-state index contributed by atoms with van der Waals surface area (Å²) >= 11 is 0. The molecule has 34 heavy (non-hydrogen) atoms. The second-order valence-corrected chi connectivity index (χ2v) is 9.98. The number of hydrogen-bond acceptors (Lipinski definition) is 8. The molecule has 8 nitrogen and oxygen atoms in total. The first-order valence-corrected chi connectivity index (χ1v) is 12.5. The van der Waals surface area contributed by atoms with Crippen molar-refractivity contribution in [2.24, 2.45) is 5.92 Å². The van der Waals surface area contributed by atoms with Gasteiger partial charge in [0.15, 0.2) is 11.7 Å². The Morgan fingerprint density at radius 3 is 2.91 bits per heavy atom. The maximum Gasteiger partial charge on any atom is 0.213 e. The molecule has 3 saturated heterocycles. The topological polar surface area (TPSA) is 86.9 Å². The summed E-state index contributed by atoms with van der Waals surface area (Å²) in [7, 11) is 0. The third-order valence-electron chi connectivity index (χ3n) is 7.61. The van der Waals surface area contributed by atoms with Crippen molar-refractivity contribution in [1.82, 2.24) is 25.3 Å². The number of rotatable bonds is 6. The lowest BCUT2D eigenvalue weighted by Gasteiger charge is -2.44. The van der Waals surface area contributed by atoms with E-state index in [0.29, 0.717) is 17.8 Å². The van der Waals surface area contributed by atoms with Crippen LogP contribution in [-0.4, -0.2) is 76.5 Å². The molecule has 1 aromatic carbocycles. The first-order chi connectivity index (χ1) is 16.7. The van der Waals surface area contributed by atoms with E-state index >= 15 is 0 Å². The minimum atomic E-state index is -0.216. The van der Waals surface area contributed by atoms with E-state index in [1.807, 2.05) is 30.5 Å². The first-order valence-electron chi connectivity index (χ1n) is 12.5. The minimum absolute atomic E-state index is 0.209. The van der Waals surface area contributed by atoms with Gasteiger partial charge >= 0.3 is 0 Å². The Balaban J connectivity index is 1.23. The van der Waals surface area contributed by atoms with Crippen molar-refractivity contribution >= 4 is 11.0 Å². The number of nitrogens with zero attached hydrogens (tertiary/aromatic N) is 4. The number of piperidine rings is 1. The molecule has 3 aliphatic rings. The molecule has 0 amide bonds. The van der Waals surface area contributed by atoms with Gasteiger partial charge in [-0.2, -0.15) is 0 Å². The molecule has 5 heterocycles. The van der Waals surface area contributed by atoms with Gasteiger partial charge in [0.2, 0.25) is 5.88 Å². The molecule has 0 bridgehead atoms. The quantitative estimate of drug-likeness (QED) is 0.577. The molecule has 0 radical (unpaired) electrons. The zero-order chi connectivity index (χ0) is 22.9. The summed E-state index contributed by atoms with van der Waals surface area (Å²) < 4.78 is 12.3. The predicted molar refractivity (Wildman–Crippen MR) is 128 cm³/mol. The van der Waals surface area contributed by atoms with Crippen molar-refractivity contribution in [3.05, 3.63) is 53.9 Å². The Morgan fingerprint density at radius 2 is 2.06 bits per heavy atom. The number of nitrogens with one attached hydrogen (secondary N) is 1. The van der Waals surface area contributed by atoms with Gasteiger partial charge in [-0.05, 0) is 37.0 Å². The van der Waals surface area contributed by atoms with Crippen LogP contribution in [0.25, 0.3) is 11.0 Å². The maximum atomic E-state index is 9.78. The summed E-state index contributed by atoms with van der Waals surface area (Å²) in [6, 6.07) is 12.7. The number of para-hydroxylation sites is 1. The van der Waals surface area contributed by atoms with E-state index in [1.165, 1.54) is 0 Å². The third kappa shape index (κ3) is 4.55. The van der Waals surface area contributed by atoms with Crippen LogP contribution in [-0.2, 0) is 6.54 Å². The minimum Gasteiger partial charge on any atom is -0.467 e. The first kappa shape index (κ1) is 22.0. The number of pyridine rings is 1. The van der Waals surface area contributed by atoms with Crippen molar-refractivity contribution in [1.29, 1.82) is 0 Å². The van der Waals surface area contributed by atoms with E-state index in [9.17, 15) is 5.11 Å². The van der Waals surface area contributed by atoms with Gasteiger partial charge in [-0.3, -0.25) is 9.80 Å². The van der Waals surface area contributed by atoms with Crippen LogP contribution in [0.15, 0.2) is 47.1 Å². The van der Waals surface area contributed by atoms with Gasteiger partial charge in [0.25, 0.3) is 0 Å². The highest BCUT2D eigenvalue weighted by molar-refractivity contribution is 5.79. The number of aliphatic hydroxyl groups is 1. The van der Waals surface area contributed by atoms with Crippen molar-refractivity contribution in [2.45, 2.75) is 44.1 Å². The highest BCUT2D eigenvalue weighted by Gasteiger charge is 2.37. The van der Waals surface area contributed by atoms with Gasteiger partial charge in [-0.15, -0.1) is 0 Å². The van der Waals surface area contributed by atoms with Crippen molar-refractivity contribution in [3.63, 3.8) is 0 Å². The fourth-order valence-electron chi connectivity index (χ4n) is 5.78. The molecule has 2 aromatic heterocycles. The highest BCUT2D eigenvalue weighted by Crippen LogP contribution is 2.38. The average Bonchev–Trinajstić information content (AvgIpc) is 3.49. The van der Waals surface area contributed by atoms with Crippen LogP contribution in [0.2, 0.25) is 0 Å². The van der Waals surface area contributed by atoms with E-state index in [-0.39, 0.29) is 12.2 Å². The number of likely N-dealkylation sites (tertiary alicyclic amines) is 1. The second kappa shape index (κ2) is 9.62. The fraction of sp³-hybridized carbons (Fsp3) is 0.538. The second-order valence-electron chi connectivity index (χ2n) is 9.98. The molecule has 4 atom stereocenters.